The first-order chi connectivity index (χ1) is 22.6. The van der Waals surface area contributed by atoms with Crippen molar-refractivity contribution in [2.24, 2.45) is 0 Å². The summed E-state index contributed by atoms with van der Waals surface area (Å²) in [4.78, 5) is 47.5. The van der Waals surface area contributed by atoms with Gasteiger partial charge in [-0.1, -0.05) is 121 Å². The molecule has 1 aromatic carbocycles. The van der Waals surface area contributed by atoms with Crippen LogP contribution in [0.1, 0.15) is 163 Å². The van der Waals surface area contributed by atoms with Crippen LogP contribution >= 0.6 is 0 Å². The van der Waals surface area contributed by atoms with Crippen molar-refractivity contribution in [2.75, 3.05) is 13.1 Å². The highest BCUT2D eigenvalue weighted by Crippen LogP contribution is 2.15. The van der Waals surface area contributed by atoms with Crippen LogP contribution in [0.15, 0.2) is 30.3 Å². The Morgan fingerprint density at radius 3 is 1.52 bits per heavy atom. The van der Waals surface area contributed by atoms with Crippen molar-refractivity contribution in [1.29, 1.82) is 0 Å². The molecule has 0 atom stereocenters. The SMILES string of the molecule is CC(C)(C)OC(=O)N(CCC(=O)O)CCC(=O)OCc1ccccc1.CCCCCCCCCCCCCCCCC(=O)OC(C)(C)C. The van der Waals surface area contributed by atoms with E-state index >= 15 is 0 Å². The summed E-state index contributed by atoms with van der Waals surface area (Å²) in [6, 6.07) is 9.24. The lowest BCUT2D eigenvalue weighted by molar-refractivity contribution is -0.155. The lowest BCUT2D eigenvalue weighted by Crippen LogP contribution is -2.39. The van der Waals surface area contributed by atoms with Gasteiger partial charge in [-0.2, -0.15) is 0 Å². The second-order valence-corrected chi connectivity index (χ2v) is 14.4. The molecule has 9 heteroatoms. The molecule has 0 aliphatic heterocycles. The number of esters is 2. The summed E-state index contributed by atoms with van der Waals surface area (Å²) in [5, 5.41) is 8.79. The van der Waals surface area contributed by atoms with Crippen molar-refractivity contribution in [3.63, 3.8) is 0 Å². The number of rotatable bonds is 23. The second-order valence-electron chi connectivity index (χ2n) is 14.4. The summed E-state index contributed by atoms with van der Waals surface area (Å²) in [5.41, 5.74) is -0.176. The van der Waals surface area contributed by atoms with E-state index in [1.54, 1.807) is 20.8 Å². The molecule has 0 spiro atoms. The largest absolute Gasteiger partial charge is 0.481 e. The predicted octanol–water partition coefficient (Wildman–Crippen LogP) is 10.0. The lowest BCUT2D eigenvalue weighted by atomic mass is 10.0. The van der Waals surface area contributed by atoms with Crippen LogP contribution < -0.4 is 0 Å². The maximum absolute atomic E-state index is 12.1. The summed E-state index contributed by atoms with van der Waals surface area (Å²) in [6.45, 7) is 13.4. The molecule has 0 unspecified atom stereocenters. The lowest BCUT2D eigenvalue weighted by Gasteiger charge is -2.26. The number of carboxylic acid groups (broad SMARTS) is 1. The highest BCUT2D eigenvalue weighted by atomic mass is 16.6. The Hall–Kier alpha value is -3.10. The Bertz CT molecular complexity index is 997. The average Bonchev–Trinajstić information content (AvgIpc) is 2.99. The van der Waals surface area contributed by atoms with Gasteiger partial charge in [0.25, 0.3) is 0 Å². The summed E-state index contributed by atoms with van der Waals surface area (Å²) in [5.74, 6) is -1.54. The summed E-state index contributed by atoms with van der Waals surface area (Å²) in [6.07, 6.45) is 18.5. The normalized spacial score (nSPS) is 11.2. The molecule has 0 aromatic heterocycles. The minimum Gasteiger partial charge on any atom is -0.481 e. The average molecular weight is 678 g/mol. The zero-order valence-corrected chi connectivity index (χ0v) is 31.3. The smallest absolute Gasteiger partial charge is 0.410 e. The number of ether oxygens (including phenoxy) is 3. The minimum absolute atomic E-state index is 0.0315. The van der Waals surface area contributed by atoms with Gasteiger partial charge in [0.15, 0.2) is 0 Å². The van der Waals surface area contributed by atoms with E-state index < -0.39 is 23.6 Å². The Balaban J connectivity index is 0.000000924. The Kier molecular flexibility index (Phi) is 25.1. The zero-order chi connectivity index (χ0) is 36.3. The van der Waals surface area contributed by atoms with Crippen LogP contribution in [0.4, 0.5) is 4.79 Å². The summed E-state index contributed by atoms with van der Waals surface area (Å²) < 4.78 is 15.7. The van der Waals surface area contributed by atoms with E-state index in [2.05, 4.69) is 6.92 Å². The van der Waals surface area contributed by atoms with Gasteiger partial charge in [-0.15, -0.1) is 0 Å². The number of unbranched alkanes of at least 4 members (excludes halogenated alkanes) is 13. The number of carbonyl (C=O) groups excluding carboxylic acids is 3. The van der Waals surface area contributed by atoms with E-state index in [0.717, 1.165) is 18.4 Å². The van der Waals surface area contributed by atoms with Gasteiger partial charge in [0.1, 0.15) is 17.8 Å². The molecule has 1 N–H and O–H groups in total. The highest BCUT2D eigenvalue weighted by Gasteiger charge is 2.23. The molecule has 48 heavy (non-hydrogen) atoms. The molecule has 9 nitrogen and oxygen atoms in total. The van der Waals surface area contributed by atoms with Crippen molar-refractivity contribution in [1.82, 2.24) is 4.90 Å². The zero-order valence-electron chi connectivity index (χ0n) is 31.3. The van der Waals surface area contributed by atoms with Gasteiger partial charge in [0.05, 0.1) is 12.8 Å². The second kappa shape index (κ2) is 26.8. The highest BCUT2D eigenvalue weighted by molar-refractivity contribution is 5.73. The number of amides is 1. The predicted molar refractivity (Wildman–Crippen MR) is 192 cm³/mol. The van der Waals surface area contributed by atoms with Crippen molar-refractivity contribution >= 4 is 24.0 Å². The third-order valence-electron chi connectivity index (χ3n) is 7.23. The molecule has 0 heterocycles. The number of nitrogens with zero attached hydrogens (tertiary/aromatic N) is 1. The maximum Gasteiger partial charge on any atom is 0.410 e. The summed E-state index contributed by atoms with van der Waals surface area (Å²) in [7, 11) is 0. The molecule has 0 bridgehead atoms. The van der Waals surface area contributed by atoms with Gasteiger partial charge in [-0.25, -0.2) is 4.79 Å². The fraction of sp³-hybridized carbons (Fsp3) is 0.744. The van der Waals surface area contributed by atoms with Crippen molar-refractivity contribution in [3.8, 4) is 0 Å². The van der Waals surface area contributed by atoms with Crippen molar-refractivity contribution in [2.45, 2.75) is 175 Å². The number of hydrogen-bond acceptors (Lipinski definition) is 7. The van der Waals surface area contributed by atoms with Gasteiger partial charge in [0, 0.05) is 19.5 Å². The molecule has 0 saturated heterocycles. The number of benzene rings is 1. The molecule has 276 valence electrons. The van der Waals surface area contributed by atoms with Gasteiger partial charge in [0.2, 0.25) is 0 Å². The third-order valence-corrected chi connectivity index (χ3v) is 7.23. The Labute approximate surface area is 291 Å². The van der Waals surface area contributed by atoms with E-state index in [1.165, 1.54) is 81.9 Å². The Morgan fingerprint density at radius 2 is 1.06 bits per heavy atom. The van der Waals surface area contributed by atoms with Crippen LogP contribution in [-0.4, -0.2) is 58.3 Å². The molecule has 0 radical (unpaired) electrons. The van der Waals surface area contributed by atoms with E-state index in [4.69, 9.17) is 19.3 Å². The first-order valence-corrected chi connectivity index (χ1v) is 18.2. The van der Waals surface area contributed by atoms with Crippen molar-refractivity contribution in [3.05, 3.63) is 35.9 Å². The van der Waals surface area contributed by atoms with Crippen LogP contribution in [-0.2, 0) is 35.2 Å². The molecule has 0 aliphatic carbocycles. The van der Waals surface area contributed by atoms with Crippen LogP contribution in [0.5, 0.6) is 0 Å². The molecule has 0 saturated carbocycles. The fourth-order valence-corrected chi connectivity index (χ4v) is 4.74. The van der Waals surface area contributed by atoms with Crippen LogP contribution in [0, 0.1) is 0 Å². The van der Waals surface area contributed by atoms with Gasteiger partial charge in [-0.05, 0) is 53.5 Å². The molecule has 1 aromatic rings. The standard InChI is InChI=1S/C21H42O2.C18H25NO6/c1-5-6-7-8-9-10-11-12-13-14-15-16-17-18-19-20(22)23-21(2,3)4;1-18(2,3)25-17(23)19(11-9-15(20)21)12-10-16(22)24-13-14-7-5-4-6-8-14/h5-19H2,1-4H3;4-8H,9-13H2,1-3H3,(H,20,21). The molecule has 0 fully saturated rings. The van der Waals surface area contributed by atoms with E-state index in [9.17, 15) is 19.2 Å². The van der Waals surface area contributed by atoms with Crippen LogP contribution in [0.3, 0.4) is 0 Å². The number of carbonyl (C=O) groups is 4. The number of aliphatic carboxylic acids is 1. The summed E-state index contributed by atoms with van der Waals surface area (Å²) >= 11 is 0. The fourth-order valence-electron chi connectivity index (χ4n) is 4.74. The first-order valence-electron chi connectivity index (χ1n) is 18.2. The van der Waals surface area contributed by atoms with E-state index in [0.29, 0.717) is 6.42 Å². The quantitative estimate of drug-likeness (QED) is 0.0690. The van der Waals surface area contributed by atoms with E-state index in [-0.39, 0.29) is 44.1 Å². The van der Waals surface area contributed by atoms with Gasteiger partial charge in [-0.3, -0.25) is 14.4 Å². The number of carboxylic acids is 1. The van der Waals surface area contributed by atoms with Gasteiger partial charge >= 0.3 is 24.0 Å². The van der Waals surface area contributed by atoms with E-state index in [1.807, 2.05) is 51.1 Å². The molecule has 1 amide bonds. The van der Waals surface area contributed by atoms with Crippen LogP contribution in [0.25, 0.3) is 0 Å². The maximum atomic E-state index is 12.1. The monoisotopic (exact) mass is 677 g/mol. The minimum atomic E-state index is -1.03. The number of hydrogen-bond donors (Lipinski definition) is 1. The molecular weight excluding hydrogens is 610 g/mol. The first kappa shape index (κ1) is 44.9. The third kappa shape index (κ3) is 30.2. The molecule has 0 aliphatic rings. The van der Waals surface area contributed by atoms with Crippen LogP contribution in [0.2, 0.25) is 0 Å². The molecule has 1 rings (SSSR count). The van der Waals surface area contributed by atoms with Gasteiger partial charge < -0.3 is 24.2 Å². The topological polar surface area (TPSA) is 119 Å². The Morgan fingerprint density at radius 1 is 0.604 bits per heavy atom. The molecular formula is C39H67NO8. The van der Waals surface area contributed by atoms with Crippen molar-refractivity contribution < 1.29 is 38.5 Å².